The summed E-state index contributed by atoms with van der Waals surface area (Å²) in [7, 11) is 1.67. The molecule has 4 nitrogen and oxygen atoms in total. The van der Waals surface area contributed by atoms with Gasteiger partial charge >= 0.3 is 0 Å². The van der Waals surface area contributed by atoms with E-state index in [-0.39, 0.29) is 17.6 Å². The molecule has 0 fully saturated rings. The molecular weight excluding hydrogens is 278 g/mol. The summed E-state index contributed by atoms with van der Waals surface area (Å²) < 4.78 is 11.1. The van der Waals surface area contributed by atoms with Gasteiger partial charge in [-0.15, -0.1) is 0 Å². The molecule has 1 unspecified atom stereocenters. The number of β-amino-alcohol motifs (C(OH)–C–C–N with tert-alkyl or cyclic N) is 1. The third-order valence-corrected chi connectivity index (χ3v) is 3.29. The van der Waals surface area contributed by atoms with Gasteiger partial charge in [0.25, 0.3) is 0 Å². The quantitative estimate of drug-likeness (QED) is 0.848. The van der Waals surface area contributed by atoms with Crippen molar-refractivity contribution in [3.63, 3.8) is 0 Å². The predicted octanol–water partition coefficient (Wildman–Crippen LogP) is 3.12. The van der Waals surface area contributed by atoms with E-state index in [0.717, 1.165) is 17.1 Å². The monoisotopic (exact) mass is 309 g/mol. The second-order valence-electron chi connectivity index (χ2n) is 7.71. The van der Waals surface area contributed by atoms with Crippen LogP contribution in [0.15, 0.2) is 18.2 Å². The minimum atomic E-state index is -0.542. The van der Waals surface area contributed by atoms with Crippen LogP contribution in [-0.4, -0.2) is 37.0 Å². The normalized spacial score (nSPS) is 13.8. The Kier molecular flexibility index (Phi) is 6.27. The molecule has 0 spiro atoms. The van der Waals surface area contributed by atoms with Crippen molar-refractivity contribution < 1.29 is 14.6 Å². The van der Waals surface area contributed by atoms with Gasteiger partial charge in [0.05, 0.1) is 7.11 Å². The van der Waals surface area contributed by atoms with Gasteiger partial charge in [0.15, 0.2) is 0 Å². The molecule has 126 valence electrons. The molecule has 0 amide bonds. The topological polar surface area (TPSA) is 50.7 Å². The molecule has 0 aromatic heterocycles. The standard InChI is InChI=1S/C18H31NO3/c1-17(2,3)15-10-14(8-9-16(15)21-7)22-12-13(20)11-19-18(4,5)6/h8-10,13,19-20H,11-12H2,1-7H3. The van der Waals surface area contributed by atoms with E-state index in [4.69, 9.17) is 9.47 Å². The van der Waals surface area contributed by atoms with Gasteiger partial charge in [-0.25, -0.2) is 0 Å². The van der Waals surface area contributed by atoms with Crippen molar-refractivity contribution in [2.75, 3.05) is 20.3 Å². The first-order chi connectivity index (χ1) is 10.0. The van der Waals surface area contributed by atoms with E-state index < -0.39 is 6.10 Å². The van der Waals surface area contributed by atoms with Crippen LogP contribution in [0.3, 0.4) is 0 Å². The number of methoxy groups -OCH3 is 1. The Hall–Kier alpha value is -1.26. The van der Waals surface area contributed by atoms with Crippen LogP contribution in [0.4, 0.5) is 0 Å². The summed E-state index contributed by atoms with van der Waals surface area (Å²) >= 11 is 0. The first-order valence-electron chi connectivity index (χ1n) is 7.77. The highest BCUT2D eigenvalue weighted by Crippen LogP contribution is 2.34. The van der Waals surface area contributed by atoms with E-state index >= 15 is 0 Å². The minimum absolute atomic E-state index is 0.0134. The first-order valence-corrected chi connectivity index (χ1v) is 7.77. The highest BCUT2D eigenvalue weighted by molar-refractivity contribution is 5.44. The fourth-order valence-corrected chi connectivity index (χ4v) is 2.04. The molecule has 1 rings (SSSR count). The second kappa shape index (κ2) is 7.34. The number of ether oxygens (including phenoxy) is 2. The van der Waals surface area contributed by atoms with E-state index in [1.54, 1.807) is 7.11 Å². The molecular formula is C18H31NO3. The summed E-state index contributed by atoms with van der Waals surface area (Å²) in [6.07, 6.45) is -0.542. The number of nitrogens with one attached hydrogen (secondary N) is 1. The van der Waals surface area contributed by atoms with Crippen LogP contribution in [0.5, 0.6) is 11.5 Å². The Bertz CT molecular complexity index is 472. The van der Waals surface area contributed by atoms with Crippen LogP contribution in [0.1, 0.15) is 47.1 Å². The highest BCUT2D eigenvalue weighted by atomic mass is 16.5. The largest absolute Gasteiger partial charge is 0.496 e. The van der Waals surface area contributed by atoms with Gasteiger partial charge < -0.3 is 19.9 Å². The molecule has 1 aromatic carbocycles. The summed E-state index contributed by atoms with van der Waals surface area (Å²) in [6.45, 7) is 13.4. The lowest BCUT2D eigenvalue weighted by atomic mass is 9.86. The minimum Gasteiger partial charge on any atom is -0.496 e. The van der Waals surface area contributed by atoms with Crippen LogP contribution >= 0.6 is 0 Å². The summed E-state index contributed by atoms with van der Waals surface area (Å²) in [5.41, 5.74) is 1.05. The van der Waals surface area contributed by atoms with Crippen LogP contribution in [0.2, 0.25) is 0 Å². The molecule has 22 heavy (non-hydrogen) atoms. The lowest BCUT2D eigenvalue weighted by Gasteiger charge is -2.24. The van der Waals surface area contributed by atoms with Crippen LogP contribution in [0.25, 0.3) is 0 Å². The van der Waals surface area contributed by atoms with E-state index in [1.165, 1.54) is 0 Å². The fourth-order valence-electron chi connectivity index (χ4n) is 2.04. The number of hydrogen-bond donors (Lipinski definition) is 2. The molecule has 0 aliphatic carbocycles. The lowest BCUT2D eigenvalue weighted by Crippen LogP contribution is -2.42. The maximum Gasteiger partial charge on any atom is 0.122 e. The number of aliphatic hydroxyl groups excluding tert-OH is 1. The SMILES string of the molecule is COc1ccc(OCC(O)CNC(C)(C)C)cc1C(C)(C)C. The van der Waals surface area contributed by atoms with Gasteiger partial charge in [-0.05, 0) is 44.4 Å². The highest BCUT2D eigenvalue weighted by Gasteiger charge is 2.20. The maximum atomic E-state index is 9.99. The van der Waals surface area contributed by atoms with Crippen molar-refractivity contribution in [1.29, 1.82) is 0 Å². The van der Waals surface area contributed by atoms with E-state index in [9.17, 15) is 5.11 Å². The number of hydrogen-bond acceptors (Lipinski definition) is 4. The Morgan fingerprint density at radius 3 is 2.27 bits per heavy atom. The molecule has 0 saturated heterocycles. The Morgan fingerprint density at radius 2 is 1.77 bits per heavy atom. The van der Waals surface area contributed by atoms with Crippen molar-refractivity contribution in [1.82, 2.24) is 5.32 Å². The zero-order valence-corrected chi connectivity index (χ0v) is 15.0. The number of rotatable bonds is 6. The first kappa shape index (κ1) is 18.8. The Balaban J connectivity index is 2.67. The smallest absolute Gasteiger partial charge is 0.122 e. The summed E-state index contributed by atoms with van der Waals surface area (Å²) in [5.74, 6) is 1.61. The molecule has 0 aliphatic rings. The second-order valence-corrected chi connectivity index (χ2v) is 7.71. The van der Waals surface area contributed by atoms with Crippen LogP contribution in [-0.2, 0) is 5.41 Å². The molecule has 0 saturated carbocycles. The maximum absolute atomic E-state index is 9.99. The Labute approximate surface area is 134 Å². The summed E-state index contributed by atoms with van der Waals surface area (Å²) in [5, 5.41) is 13.3. The van der Waals surface area contributed by atoms with E-state index in [0.29, 0.717) is 6.54 Å². The Morgan fingerprint density at radius 1 is 1.14 bits per heavy atom. The van der Waals surface area contributed by atoms with Crippen molar-refractivity contribution >= 4 is 0 Å². The summed E-state index contributed by atoms with van der Waals surface area (Å²) in [4.78, 5) is 0. The van der Waals surface area contributed by atoms with Crippen molar-refractivity contribution in [3.8, 4) is 11.5 Å². The van der Waals surface area contributed by atoms with Gasteiger partial charge in [-0.3, -0.25) is 0 Å². The fraction of sp³-hybridized carbons (Fsp3) is 0.667. The van der Waals surface area contributed by atoms with Gasteiger partial charge in [0.1, 0.15) is 24.2 Å². The third-order valence-electron chi connectivity index (χ3n) is 3.29. The number of benzene rings is 1. The van der Waals surface area contributed by atoms with E-state index in [1.807, 2.05) is 18.2 Å². The molecule has 0 heterocycles. The van der Waals surface area contributed by atoms with E-state index in [2.05, 4.69) is 46.9 Å². The van der Waals surface area contributed by atoms with Gasteiger partial charge in [-0.1, -0.05) is 20.8 Å². The average Bonchev–Trinajstić information content (AvgIpc) is 2.40. The van der Waals surface area contributed by atoms with Crippen molar-refractivity contribution in [2.24, 2.45) is 0 Å². The zero-order valence-electron chi connectivity index (χ0n) is 15.0. The van der Waals surface area contributed by atoms with Gasteiger partial charge in [-0.2, -0.15) is 0 Å². The number of aliphatic hydroxyl groups is 1. The lowest BCUT2D eigenvalue weighted by molar-refractivity contribution is 0.0999. The molecule has 2 N–H and O–H groups in total. The van der Waals surface area contributed by atoms with Crippen LogP contribution < -0.4 is 14.8 Å². The zero-order chi connectivity index (χ0) is 17.0. The van der Waals surface area contributed by atoms with Crippen molar-refractivity contribution in [3.05, 3.63) is 23.8 Å². The molecule has 0 radical (unpaired) electrons. The predicted molar refractivity (Wildman–Crippen MR) is 91.0 cm³/mol. The third kappa shape index (κ3) is 6.24. The summed E-state index contributed by atoms with van der Waals surface area (Å²) in [6, 6.07) is 5.77. The van der Waals surface area contributed by atoms with Crippen LogP contribution in [0, 0.1) is 0 Å². The molecule has 1 aromatic rings. The van der Waals surface area contributed by atoms with Gasteiger partial charge in [0, 0.05) is 17.6 Å². The molecule has 4 heteroatoms. The molecule has 1 atom stereocenters. The van der Waals surface area contributed by atoms with Crippen molar-refractivity contribution in [2.45, 2.75) is 58.6 Å². The molecule has 0 bridgehead atoms. The van der Waals surface area contributed by atoms with Gasteiger partial charge in [0.2, 0.25) is 0 Å². The molecule has 0 aliphatic heterocycles. The average molecular weight is 309 g/mol.